The summed E-state index contributed by atoms with van der Waals surface area (Å²) in [4.78, 5) is 12.2. The molecule has 0 saturated carbocycles. The van der Waals surface area contributed by atoms with Gasteiger partial charge in [-0.15, -0.1) is 0 Å². The first-order valence-corrected chi connectivity index (χ1v) is 10.9. The molecule has 0 bridgehead atoms. The molecule has 3 rings (SSSR count). The maximum Gasteiger partial charge on any atom is 0.260 e. The van der Waals surface area contributed by atoms with Crippen molar-refractivity contribution in [2.24, 2.45) is 0 Å². The second-order valence-corrected chi connectivity index (χ2v) is 9.19. The molecule has 0 fully saturated rings. The Labute approximate surface area is 166 Å². The number of sulfonamides is 1. The highest BCUT2D eigenvalue weighted by atomic mass is 32.2. The number of nitrogens with one attached hydrogen (secondary N) is 1. The maximum absolute atomic E-state index is 13.0. The maximum atomic E-state index is 13.0. The van der Waals surface area contributed by atoms with Gasteiger partial charge in [0.2, 0.25) is 10.0 Å². The van der Waals surface area contributed by atoms with Gasteiger partial charge in [-0.25, -0.2) is 8.42 Å². The Bertz CT molecular complexity index is 939. The second kappa shape index (κ2) is 8.32. The molecule has 0 aromatic heterocycles. The number of hydrogen-bond donors (Lipinski definition) is 1. The van der Waals surface area contributed by atoms with Crippen LogP contribution in [0.15, 0.2) is 53.4 Å². The first-order valence-electron chi connectivity index (χ1n) is 9.41. The Morgan fingerprint density at radius 2 is 1.68 bits per heavy atom. The summed E-state index contributed by atoms with van der Waals surface area (Å²) in [5, 5.41) is 2.78. The van der Waals surface area contributed by atoms with Gasteiger partial charge in [0.15, 0.2) is 6.10 Å². The molecule has 2 aromatic carbocycles. The van der Waals surface area contributed by atoms with Crippen molar-refractivity contribution in [3.63, 3.8) is 0 Å². The number of rotatable bonds is 6. The van der Waals surface area contributed by atoms with E-state index in [0.717, 1.165) is 5.56 Å². The van der Waals surface area contributed by atoms with Crippen molar-refractivity contribution in [3.8, 4) is 5.75 Å². The summed E-state index contributed by atoms with van der Waals surface area (Å²) in [6, 6.07) is 14.2. The Morgan fingerprint density at radius 3 is 2.32 bits per heavy atom. The average Bonchev–Trinajstić information content (AvgIpc) is 2.67. The molecule has 1 amide bonds. The van der Waals surface area contributed by atoms with Gasteiger partial charge in [0, 0.05) is 19.1 Å². The van der Waals surface area contributed by atoms with Crippen molar-refractivity contribution in [3.05, 3.63) is 59.7 Å². The lowest BCUT2D eigenvalue weighted by Crippen LogP contribution is -2.40. The molecule has 1 atom stereocenters. The van der Waals surface area contributed by atoms with Crippen LogP contribution in [0.5, 0.6) is 5.75 Å². The first-order chi connectivity index (χ1) is 13.3. The van der Waals surface area contributed by atoms with Gasteiger partial charge in [-0.05, 0) is 62.6 Å². The summed E-state index contributed by atoms with van der Waals surface area (Å²) in [6.45, 7) is 6.26. The fourth-order valence-electron chi connectivity index (χ4n) is 3.17. The molecule has 1 N–H and O–H groups in total. The molecular formula is C21H26N2O4S. The molecule has 7 heteroatoms. The number of carbonyl (C=O) groups excluding carboxylic acids is 1. The molecule has 0 aliphatic carbocycles. The molecule has 2 aromatic rings. The molecule has 1 aliphatic heterocycles. The third-order valence-electron chi connectivity index (χ3n) is 4.67. The predicted molar refractivity (Wildman–Crippen MR) is 108 cm³/mol. The summed E-state index contributed by atoms with van der Waals surface area (Å²) < 4.78 is 33.1. The number of fused-ring (bicyclic) bond motifs is 1. The van der Waals surface area contributed by atoms with Gasteiger partial charge in [-0.3, -0.25) is 4.79 Å². The lowest BCUT2D eigenvalue weighted by molar-refractivity contribution is -0.127. The highest BCUT2D eigenvalue weighted by Crippen LogP contribution is 2.26. The molecule has 0 saturated heterocycles. The highest BCUT2D eigenvalue weighted by molar-refractivity contribution is 7.89. The van der Waals surface area contributed by atoms with Crippen LogP contribution in [0, 0.1) is 0 Å². The number of ether oxygens (including phenoxy) is 1. The SMILES string of the molecule is CC(C)NC(=O)[C@@H](C)Oc1ccc(S(=O)(=O)N2CCc3ccccc3C2)cc1. The minimum atomic E-state index is -3.58. The van der Waals surface area contributed by atoms with E-state index in [2.05, 4.69) is 5.32 Å². The van der Waals surface area contributed by atoms with Crippen LogP contribution in [-0.4, -0.2) is 37.3 Å². The zero-order valence-corrected chi connectivity index (χ0v) is 17.2. The van der Waals surface area contributed by atoms with Crippen LogP contribution in [0.2, 0.25) is 0 Å². The van der Waals surface area contributed by atoms with Gasteiger partial charge in [0.25, 0.3) is 5.91 Å². The van der Waals surface area contributed by atoms with Crippen LogP contribution in [0.4, 0.5) is 0 Å². The van der Waals surface area contributed by atoms with Crippen molar-refractivity contribution < 1.29 is 17.9 Å². The van der Waals surface area contributed by atoms with Crippen molar-refractivity contribution in [1.29, 1.82) is 0 Å². The van der Waals surface area contributed by atoms with E-state index in [4.69, 9.17) is 4.74 Å². The lowest BCUT2D eigenvalue weighted by Gasteiger charge is -2.28. The number of benzene rings is 2. The third kappa shape index (κ3) is 4.54. The monoisotopic (exact) mass is 402 g/mol. The normalized spacial score (nSPS) is 15.7. The number of carbonyl (C=O) groups is 1. The quantitative estimate of drug-likeness (QED) is 0.806. The van der Waals surface area contributed by atoms with Crippen molar-refractivity contribution in [2.75, 3.05) is 6.54 Å². The number of nitrogens with zero attached hydrogens (tertiary/aromatic N) is 1. The average molecular weight is 403 g/mol. The molecule has 0 unspecified atom stereocenters. The van der Waals surface area contributed by atoms with E-state index in [0.29, 0.717) is 25.3 Å². The zero-order chi connectivity index (χ0) is 20.3. The number of hydrogen-bond acceptors (Lipinski definition) is 4. The zero-order valence-electron chi connectivity index (χ0n) is 16.4. The fourth-order valence-corrected chi connectivity index (χ4v) is 4.59. The third-order valence-corrected chi connectivity index (χ3v) is 6.53. The fraction of sp³-hybridized carbons (Fsp3) is 0.381. The summed E-state index contributed by atoms with van der Waals surface area (Å²) in [6.07, 6.45) is 0.0439. The van der Waals surface area contributed by atoms with Gasteiger partial charge < -0.3 is 10.1 Å². The van der Waals surface area contributed by atoms with E-state index in [1.54, 1.807) is 19.1 Å². The Kier molecular flexibility index (Phi) is 6.05. The minimum absolute atomic E-state index is 0.0285. The molecule has 0 spiro atoms. The van der Waals surface area contributed by atoms with Gasteiger partial charge in [-0.1, -0.05) is 24.3 Å². The molecule has 28 heavy (non-hydrogen) atoms. The molecule has 150 valence electrons. The molecule has 1 aliphatic rings. The smallest absolute Gasteiger partial charge is 0.260 e. The van der Waals surface area contributed by atoms with E-state index in [1.165, 1.54) is 22.0 Å². The topological polar surface area (TPSA) is 75.7 Å². The first kappa shape index (κ1) is 20.4. The molecule has 1 heterocycles. The van der Waals surface area contributed by atoms with Gasteiger partial charge in [0.05, 0.1) is 4.90 Å². The van der Waals surface area contributed by atoms with Crippen molar-refractivity contribution >= 4 is 15.9 Å². The van der Waals surface area contributed by atoms with Crippen LogP contribution in [0.25, 0.3) is 0 Å². The summed E-state index contributed by atoms with van der Waals surface area (Å²) in [5.74, 6) is 0.244. The standard InChI is InChI=1S/C21H26N2O4S/c1-15(2)22-21(24)16(3)27-19-8-10-20(11-9-19)28(25,26)23-13-12-17-6-4-5-7-18(17)14-23/h4-11,15-16H,12-14H2,1-3H3,(H,22,24)/t16-/m1/s1. The Balaban J connectivity index is 1.70. The van der Waals surface area contributed by atoms with Crippen LogP contribution >= 0.6 is 0 Å². The largest absolute Gasteiger partial charge is 0.481 e. The summed E-state index contributed by atoms with van der Waals surface area (Å²) in [7, 11) is -3.58. The summed E-state index contributed by atoms with van der Waals surface area (Å²) >= 11 is 0. The van der Waals surface area contributed by atoms with E-state index in [1.807, 2.05) is 38.1 Å². The van der Waals surface area contributed by atoms with Crippen LogP contribution in [0.1, 0.15) is 31.9 Å². The van der Waals surface area contributed by atoms with Crippen LogP contribution < -0.4 is 10.1 Å². The molecule has 0 radical (unpaired) electrons. The van der Waals surface area contributed by atoms with Crippen molar-refractivity contribution in [2.45, 2.75) is 50.8 Å². The van der Waals surface area contributed by atoms with Crippen molar-refractivity contribution in [1.82, 2.24) is 9.62 Å². The van der Waals surface area contributed by atoms with E-state index in [9.17, 15) is 13.2 Å². The number of amides is 1. The van der Waals surface area contributed by atoms with Gasteiger partial charge in [0.1, 0.15) is 5.75 Å². The van der Waals surface area contributed by atoms with Crippen LogP contribution in [-0.2, 0) is 27.8 Å². The van der Waals surface area contributed by atoms with E-state index >= 15 is 0 Å². The lowest BCUT2D eigenvalue weighted by atomic mass is 10.0. The van der Waals surface area contributed by atoms with E-state index in [-0.39, 0.29) is 16.8 Å². The second-order valence-electron chi connectivity index (χ2n) is 7.25. The van der Waals surface area contributed by atoms with E-state index < -0.39 is 16.1 Å². The van der Waals surface area contributed by atoms with Gasteiger partial charge in [-0.2, -0.15) is 4.31 Å². The van der Waals surface area contributed by atoms with Gasteiger partial charge >= 0.3 is 0 Å². The highest BCUT2D eigenvalue weighted by Gasteiger charge is 2.28. The molecule has 6 nitrogen and oxygen atoms in total. The molecular weight excluding hydrogens is 376 g/mol. The van der Waals surface area contributed by atoms with Crippen LogP contribution in [0.3, 0.4) is 0 Å². The Hall–Kier alpha value is -2.38. The predicted octanol–water partition coefficient (Wildman–Crippen LogP) is 2.73. The minimum Gasteiger partial charge on any atom is -0.481 e. The summed E-state index contributed by atoms with van der Waals surface area (Å²) in [5.41, 5.74) is 2.24. The Morgan fingerprint density at radius 1 is 1.04 bits per heavy atom.